The summed E-state index contributed by atoms with van der Waals surface area (Å²) < 4.78 is 27.8. The van der Waals surface area contributed by atoms with Gasteiger partial charge in [0, 0.05) is 48.8 Å². The molecule has 1 aliphatic heterocycles. The number of aromatic nitrogens is 1. The van der Waals surface area contributed by atoms with Gasteiger partial charge < -0.3 is 15.2 Å². The molecule has 2 aromatic carbocycles. The fourth-order valence-electron chi connectivity index (χ4n) is 4.21. The van der Waals surface area contributed by atoms with Gasteiger partial charge in [0.05, 0.1) is 19.0 Å². The number of amides is 2. The number of fused-ring (bicyclic) bond motifs is 1. The predicted octanol–water partition coefficient (Wildman–Crippen LogP) is 3.10. The Bertz CT molecular complexity index is 1160. The highest BCUT2D eigenvalue weighted by Gasteiger charge is 2.33. The van der Waals surface area contributed by atoms with E-state index in [1.54, 1.807) is 16.8 Å². The minimum absolute atomic E-state index is 0.0431. The van der Waals surface area contributed by atoms with Crippen LogP contribution >= 0.6 is 0 Å². The van der Waals surface area contributed by atoms with Crippen molar-refractivity contribution in [1.29, 1.82) is 0 Å². The number of piperazine rings is 1. The molecule has 1 atom stereocenters. The molecule has 2 amide bonds. The number of aromatic amines is 1. The first-order valence-corrected chi connectivity index (χ1v) is 10.6. The van der Waals surface area contributed by atoms with E-state index in [0.717, 1.165) is 28.2 Å². The molecule has 168 valence electrons. The molecule has 1 fully saturated rings. The minimum Gasteiger partial charge on any atom is -0.357 e. The van der Waals surface area contributed by atoms with Crippen LogP contribution in [0.2, 0.25) is 0 Å². The van der Waals surface area contributed by atoms with Gasteiger partial charge in [0.15, 0.2) is 11.6 Å². The Morgan fingerprint density at radius 2 is 1.97 bits per heavy atom. The number of H-pyrrole nitrogens is 1. The Hall–Kier alpha value is -3.26. The third kappa shape index (κ3) is 4.36. The topological polar surface area (TPSA) is 68.4 Å². The van der Waals surface area contributed by atoms with Gasteiger partial charge in [-0.15, -0.1) is 0 Å². The van der Waals surface area contributed by atoms with Crippen LogP contribution in [0.3, 0.4) is 0 Å². The van der Waals surface area contributed by atoms with Gasteiger partial charge in [-0.25, -0.2) is 8.78 Å². The Labute approximate surface area is 185 Å². The number of carbonyl (C=O) groups excluding carboxylic acids is 2. The molecule has 0 unspecified atom stereocenters. The van der Waals surface area contributed by atoms with Crippen molar-refractivity contribution in [3.8, 4) is 0 Å². The predicted molar refractivity (Wildman–Crippen MR) is 118 cm³/mol. The van der Waals surface area contributed by atoms with Crippen LogP contribution in [0.4, 0.5) is 8.78 Å². The van der Waals surface area contributed by atoms with Crippen molar-refractivity contribution in [2.45, 2.75) is 32.5 Å². The van der Waals surface area contributed by atoms with E-state index < -0.39 is 17.7 Å². The summed E-state index contributed by atoms with van der Waals surface area (Å²) in [5.74, 6) is -2.33. The third-order valence-corrected chi connectivity index (χ3v) is 6.10. The number of halogens is 2. The number of para-hydroxylation sites is 1. The number of rotatable bonds is 6. The molecule has 6 nitrogen and oxygen atoms in total. The quantitative estimate of drug-likeness (QED) is 0.619. The lowest BCUT2D eigenvalue weighted by molar-refractivity contribution is -0.138. The van der Waals surface area contributed by atoms with E-state index in [1.807, 2.05) is 31.2 Å². The van der Waals surface area contributed by atoms with E-state index in [2.05, 4.69) is 10.3 Å². The second-order valence-corrected chi connectivity index (χ2v) is 8.22. The van der Waals surface area contributed by atoms with Gasteiger partial charge in [-0.1, -0.05) is 30.3 Å². The zero-order valence-corrected chi connectivity index (χ0v) is 18.1. The molecule has 8 heteroatoms. The van der Waals surface area contributed by atoms with Gasteiger partial charge in [0.1, 0.15) is 0 Å². The molecule has 0 bridgehead atoms. The molecule has 32 heavy (non-hydrogen) atoms. The summed E-state index contributed by atoms with van der Waals surface area (Å²) in [6.07, 6.45) is -0.0431. The molecule has 1 saturated heterocycles. The number of carbonyl (C=O) groups is 2. The summed E-state index contributed by atoms with van der Waals surface area (Å²) in [4.78, 5) is 32.2. The highest BCUT2D eigenvalue weighted by Crippen LogP contribution is 2.23. The minimum atomic E-state index is -0.926. The smallest absolute Gasteiger partial charge is 0.237 e. The van der Waals surface area contributed by atoms with Gasteiger partial charge in [-0.05, 0) is 24.6 Å². The molecule has 0 saturated carbocycles. The molecular weight excluding hydrogens is 414 g/mol. The lowest BCUT2D eigenvalue weighted by atomic mass is 10.1. The SMILES string of the molecule is Cc1c(CN(C)C(=O)C[C@H]2C(=O)NCCN2Cc2cccc(F)c2F)[nH]c2ccccc12. The second kappa shape index (κ2) is 9.08. The van der Waals surface area contributed by atoms with Crippen LogP contribution in [0.15, 0.2) is 42.5 Å². The Balaban J connectivity index is 1.47. The number of hydrogen-bond donors (Lipinski definition) is 2. The van der Waals surface area contributed by atoms with E-state index >= 15 is 0 Å². The average Bonchev–Trinajstić information content (AvgIpc) is 3.09. The number of nitrogens with one attached hydrogen (secondary N) is 2. The van der Waals surface area contributed by atoms with Crippen molar-refractivity contribution < 1.29 is 18.4 Å². The summed E-state index contributed by atoms with van der Waals surface area (Å²) >= 11 is 0. The normalized spacial score (nSPS) is 16.9. The largest absolute Gasteiger partial charge is 0.357 e. The molecule has 2 heterocycles. The molecule has 4 rings (SSSR count). The maximum absolute atomic E-state index is 14.2. The first-order valence-electron chi connectivity index (χ1n) is 10.6. The first-order chi connectivity index (χ1) is 15.3. The standard InChI is InChI=1S/C24H26F2N4O2/c1-15-17-7-3-4-9-19(17)28-20(15)14-29(2)22(31)12-21-24(32)27-10-11-30(21)13-16-6-5-8-18(25)23(16)26/h3-9,21,28H,10-14H2,1-2H3,(H,27,32)/t21-/m0/s1. The Morgan fingerprint density at radius 1 is 1.19 bits per heavy atom. The van der Waals surface area contributed by atoms with Crippen LogP contribution in [0.25, 0.3) is 10.9 Å². The first kappa shape index (κ1) is 22.0. The molecule has 1 aliphatic rings. The monoisotopic (exact) mass is 440 g/mol. The highest BCUT2D eigenvalue weighted by atomic mass is 19.2. The van der Waals surface area contributed by atoms with Gasteiger partial charge in [0.2, 0.25) is 11.8 Å². The summed E-state index contributed by atoms with van der Waals surface area (Å²) in [5, 5.41) is 3.88. The molecular formula is C24H26F2N4O2. The number of benzene rings is 2. The lowest BCUT2D eigenvalue weighted by Gasteiger charge is -2.35. The van der Waals surface area contributed by atoms with Crippen LogP contribution in [-0.4, -0.2) is 52.8 Å². The van der Waals surface area contributed by atoms with E-state index in [9.17, 15) is 18.4 Å². The van der Waals surface area contributed by atoms with E-state index in [1.165, 1.54) is 12.1 Å². The van der Waals surface area contributed by atoms with Gasteiger partial charge in [-0.3, -0.25) is 14.5 Å². The number of hydrogen-bond acceptors (Lipinski definition) is 3. The number of aryl methyl sites for hydroxylation is 1. The Morgan fingerprint density at radius 3 is 2.75 bits per heavy atom. The lowest BCUT2D eigenvalue weighted by Crippen LogP contribution is -2.56. The summed E-state index contributed by atoms with van der Waals surface area (Å²) in [6.45, 7) is 3.29. The van der Waals surface area contributed by atoms with Crippen LogP contribution in [-0.2, 0) is 22.7 Å². The maximum Gasteiger partial charge on any atom is 0.237 e. The van der Waals surface area contributed by atoms with Crippen molar-refractivity contribution in [3.05, 3.63) is 70.9 Å². The molecule has 1 aromatic heterocycles. The molecule has 0 aliphatic carbocycles. The molecule has 3 aromatic rings. The van der Waals surface area contributed by atoms with Crippen LogP contribution in [0.1, 0.15) is 23.2 Å². The average molecular weight is 440 g/mol. The zero-order valence-electron chi connectivity index (χ0n) is 18.1. The fraction of sp³-hybridized carbons (Fsp3) is 0.333. The number of nitrogens with zero attached hydrogens (tertiary/aromatic N) is 2. The van der Waals surface area contributed by atoms with E-state index in [4.69, 9.17) is 0 Å². The van der Waals surface area contributed by atoms with E-state index in [-0.39, 0.29) is 30.3 Å². The highest BCUT2D eigenvalue weighted by molar-refractivity contribution is 5.89. The van der Waals surface area contributed by atoms with Crippen LogP contribution in [0.5, 0.6) is 0 Å². The third-order valence-electron chi connectivity index (χ3n) is 6.10. The fourth-order valence-corrected chi connectivity index (χ4v) is 4.21. The van der Waals surface area contributed by atoms with Gasteiger partial charge in [-0.2, -0.15) is 0 Å². The Kier molecular flexibility index (Phi) is 6.23. The van der Waals surface area contributed by atoms with Crippen molar-refractivity contribution >= 4 is 22.7 Å². The van der Waals surface area contributed by atoms with Gasteiger partial charge in [0.25, 0.3) is 0 Å². The van der Waals surface area contributed by atoms with Crippen molar-refractivity contribution in [2.24, 2.45) is 0 Å². The summed E-state index contributed by atoms with van der Waals surface area (Å²) in [6, 6.07) is 11.2. The molecule has 0 spiro atoms. The maximum atomic E-state index is 14.2. The zero-order chi connectivity index (χ0) is 22.8. The summed E-state index contributed by atoms with van der Waals surface area (Å²) in [5.41, 5.74) is 3.20. The van der Waals surface area contributed by atoms with Gasteiger partial charge >= 0.3 is 0 Å². The second-order valence-electron chi connectivity index (χ2n) is 8.22. The van der Waals surface area contributed by atoms with Crippen molar-refractivity contribution in [3.63, 3.8) is 0 Å². The van der Waals surface area contributed by atoms with Crippen molar-refractivity contribution in [2.75, 3.05) is 20.1 Å². The molecule has 0 radical (unpaired) electrons. The summed E-state index contributed by atoms with van der Waals surface area (Å²) in [7, 11) is 1.70. The van der Waals surface area contributed by atoms with E-state index in [0.29, 0.717) is 19.6 Å². The van der Waals surface area contributed by atoms with Crippen LogP contribution < -0.4 is 5.32 Å². The molecule has 2 N–H and O–H groups in total. The van der Waals surface area contributed by atoms with Crippen molar-refractivity contribution in [1.82, 2.24) is 20.1 Å². The van der Waals surface area contributed by atoms with Crippen LogP contribution in [0, 0.1) is 18.6 Å².